The Morgan fingerprint density at radius 1 is 1.24 bits per heavy atom. The molecule has 0 rings (SSSR count). The summed E-state index contributed by atoms with van der Waals surface area (Å²) >= 11 is 0. The summed E-state index contributed by atoms with van der Waals surface area (Å²) in [6.07, 6.45) is -0.648. The first-order valence-electron chi connectivity index (χ1n) is 5.51. The van der Waals surface area contributed by atoms with Gasteiger partial charge in [-0.15, -0.1) is 0 Å². The van der Waals surface area contributed by atoms with Gasteiger partial charge in [0.25, 0.3) is 0 Å². The number of esters is 1. The summed E-state index contributed by atoms with van der Waals surface area (Å²) in [5.74, 6) is -0.526. The molecule has 0 atom stereocenters. The zero-order valence-electron chi connectivity index (χ0n) is 10.8. The molecule has 0 aliphatic rings. The number of alkyl carbamates (subject to hydrolysis) is 1. The van der Waals surface area contributed by atoms with Gasteiger partial charge in [0, 0.05) is 0 Å². The second-order valence-electron chi connectivity index (χ2n) is 4.63. The molecular formula is C11H21NO5. The summed E-state index contributed by atoms with van der Waals surface area (Å²) < 4.78 is 9.59. The lowest BCUT2D eigenvalue weighted by Crippen LogP contribution is -2.46. The summed E-state index contributed by atoms with van der Waals surface area (Å²) in [7, 11) is 0. The third-order valence-electron chi connectivity index (χ3n) is 1.87. The third-order valence-corrected chi connectivity index (χ3v) is 1.87. The van der Waals surface area contributed by atoms with E-state index in [1.807, 2.05) is 0 Å². The van der Waals surface area contributed by atoms with E-state index in [1.54, 1.807) is 27.7 Å². The molecule has 0 aromatic heterocycles. The zero-order valence-corrected chi connectivity index (χ0v) is 10.8. The van der Waals surface area contributed by atoms with Crippen LogP contribution in [0.1, 0.15) is 27.7 Å². The first-order chi connectivity index (χ1) is 7.78. The van der Waals surface area contributed by atoms with E-state index < -0.39 is 11.6 Å². The summed E-state index contributed by atoms with van der Waals surface area (Å²) in [6, 6.07) is 0. The number of carbonyl (C=O) groups excluding carboxylic acids is 2. The van der Waals surface area contributed by atoms with Crippen LogP contribution < -0.4 is 5.32 Å². The monoisotopic (exact) mass is 247 g/mol. The topological polar surface area (TPSA) is 84.9 Å². The molecular weight excluding hydrogens is 226 g/mol. The Balaban J connectivity index is 3.69. The molecule has 0 aromatic carbocycles. The molecule has 1 amide bonds. The largest absolute Gasteiger partial charge is 0.462 e. The van der Waals surface area contributed by atoms with E-state index in [-0.39, 0.29) is 31.7 Å². The van der Waals surface area contributed by atoms with Crippen LogP contribution >= 0.6 is 0 Å². The highest BCUT2D eigenvalue weighted by Crippen LogP contribution is 2.00. The fourth-order valence-electron chi connectivity index (χ4n) is 0.795. The van der Waals surface area contributed by atoms with E-state index in [0.29, 0.717) is 0 Å². The zero-order chi connectivity index (χ0) is 13.5. The molecule has 17 heavy (non-hydrogen) atoms. The molecule has 0 aliphatic carbocycles. The molecule has 0 aliphatic heterocycles. The van der Waals surface area contributed by atoms with E-state index in [2.05, 4.69) is 5.32 Å². The van der Waals surface area contributed by atoms with Crippen LogP contribution in [0.15, 0.2) is 0 Å². The van der Waals surface area contributed by atoms with Crippen molar-refractivity contribution in [2.45, 2.75) is 33.2 Å². The molecule has 6 nitrogen and oxygen atoms in total. The van der Waals surface area contributed by atoms with Gasteiger partial charge in [0.1, 0.15) is 13.2 Å². The maximum absolute atomic E-state index is 11.2. The third kappa shape index (κ3) is 7.57. The average Bonchev–Trinajstić information content (AvgIpc) is 2.23. The predicted molar refractivity (Wildman–Crippen MR) is 61.4 cm³/mol. The minimum atomic E-state index is -0.730. The van der Waals surface area contributed by atoms with Crippen molar-refractivity contribution < 1.29 is 24.2 Å². The van der Waals surface area contributed by atoms with Crippen molar-refractivity contribution in [1.29, 1.82) is 0 Å². The number of aliphatic hydroxyl groups is 1. The Morgan fingerprint density at radius 3 is 2.24 bits per heavy atom. The number of amides is 1. The standard InChI is InChI=1S/C11H21NO5/c1-8(2)9(14)16-5-6-17-10(15)12-11(3,4)7-13/h8,13H,5-7H2,1-4H3,(H,12,15). The van der Waals surface area contributed by atoms with Crippen molar-refractivity contribution in [3.05, 3.63) is 0 Å². The molecule has 2 N–H and O–H groups in total. The number of nitrogens with one attached hydrogen (secondary N) is 1. The number of rotatable bonds is 6. The minimum Gasteiger partial charge on any atom is -0.462 e. The number of carbonyl (C=O) groups is 2. The minimum absolute atomic E-state index is 0.00813. The lowest BCUT2D eigenvalue weighted by Gasteiger charge is -2.22. The maximum Gasteiger partial charge on any atom is 0.407 e. The molecule has 0 unspecified atom stereocenters. The number of ether oxygens (including phenoxy) is 2. The van der Waals surface area contributed by atoms with E-state index >= 15 is 0 Å². The van der Waals surface area contributed by atoms with Crippen molar-refractivity contribution in [3.8, 4) is 0 Å². The molecule has 0 fully saturated rings. The first kappa shape index (κ1) is 15.7. The van der Waals surface area contributed by atoms with Crippen LogP contribution in [0, 0.1) is 5.92 Å². The highest BCUT2D eigenvalue weighted by atomic mass is 16.6. The van der Waals surface area contributed by atoms with Gasteiger partial charge in [-0.25, -0.2) is 4.79 Å². The van der Waals surface area contributed by atoms with Crippen LogP contribution in [-0.4, -0.2) is 42.5 Å². The molecule has 0 saturated heterocycles. The molecule has 100 valence electrons. The van der Waals surface area contributed by atoms with Gasteiger partial charge in [0.05, 0.1) is 18.1 Å². The van der Waals surface area contributed by atoms with E-state index in [1.165, 1.54) is 0 Å². The van der Waals surface area contributed by atoms with Crippen LogP contribution in [0.4, 0.5) is 4.79 Å². The van der Waals surface area contributed by atoms with Crippen molar-refractivity contribution in [2.24, 2.45) is 5.92 Å². The maximum atomic E-state index is 11.2. The molecule has 6 heteroatoms. The molecule has 0 saturated carbocycles. The number of hydrogen-bond donors (Lipinski definition) is 2. The van der Waals surface area contributed by atoms with E-state index in [9.17, 15) is 9.59 Å². The van der Waals surface area contributed by atoms with Gasteiger partial charge in [0.2, 0.25) is 0 Å². The Kier molecular flexibility index (Phi) is 6.57. The fourth-order valence-corrected chi connectivity index (χ4v) is 0.795. The Bertz CT molecular complexity index is 263. The van der Waals surface area contributed by atoms with Crippen molar-refractivity contribution in [3.63, 3.8) is 0 Å². The van der Waals surface area contributed by atoms with E-state index in [4.69, 9.17) is 14.6 Å². The summed E-state index contributed by atoms with van der Waals surface area (Å²) in [4.78, 5) is 22.3. The lowest BCUT2D eigenvalue weighted by molar-refractivity contribution is -0.148. The van der Waals surface area contributed by atoms with E-state index in [0.717, 1.165) is 0 Å². The molecule has 0 aromatic rings. The normalized spacial score (nSPS) is 11.2. The van der Waals surface area contributed by atoms with Crippen LogP contribution in [0.25, 0.3) is 0 Å². The van der Waals surface area contributed by atoms with Crippen molar-refractivity contribution >= 4 is 12.1 Å². The van der Waals surface area contributed by atoms with Gasteiger partial charge in [-0.3, -0.25) is 4.79 Å². The fraction of sp³-hybridized carbons (Fsp3) is 0.818. The second-order valence-corrected chi connectivity index (χ2v) is 4.63. The molecule has 0 bridgehead atoms. The predicted octanol–water partition coefficient (Wildman–Crippen LogP) is 0.683. The Hall–Kier alpha value is -1.30. The SMILES string of the molecule is CC(C)C(=O)OCCOC(=O)NC(C)(C)CO. The highest BCUT2D eigenvalue weighted by molar-refractivity contribution is 5.71. The second kappa shape index (κ2) is 7.11. The molecule has 0 spiro atoms. The smallest absolute Gasteiger partial charge is 0.407 e. The van der Waals surface area contributed by atoms with Crippen molar-refractivity contribution in [2.75, 3.05) is 19.8 Å². The van der Waals surface area contributed by atoms with Gasteiger partial charge >= 0.3 is 12.1 Å². The Morgan fingerprint density at radius 2 is 1.76 bits per heavy atom. The molecule has 0 radical (unpaired) electrons. The number of aliphatic hydroxyl groups excluding tert-OH is 1. The molecule has 0 heterocycles. The van der Waals surface area contributed by atoms with Crippen LogP contribution in [0.5, 0.6) is 0 Å². The quantitative estimate of drug-likeness (QED) is 0.532. The summed E-state index contributed by atoms with van der Waals surface area (Å²) in [6.45, 7) is 6.60. The first-order valence-corrected chi connectivity index (χ1v) is 5.51. The van der Waals surface area contributed by atoms with Gasteiger partial charge in [-0.05, 0) is 13.8 Å². The van der Waals surface area contributed by atoms with Gasteiger partial charge in [-0.1, -0.05) is 13.8 Å². The van der Waals surface area contributed by atoms with Crippen LogP contribution in [0.3, 0.4) is 0 Å². The van der Waals surface area contributed by atoms with Crippen LogP contribution in [-0.2, 0) is 14.3 Å². The summed E-state index contributed by atoms with van der Waals surface area (Å²) in [5, 5.41) is 11.4. The van der Waals surface area contributed by atoms with Crippen molar-refractivity contribution in [1.82, 2.24) is 5.32 Å². The average molecular weight is 247 g/mol. The number of hydrogen-bond acceptors (Lipinski definition) is 5. The highest BCUT2D eigenvalue weighted by Gasteiger charge is 2.19. The van der Waals surface area contributed by atoms with Gasteiger partial charge in [0.15, 0.2) is 0 Å². The van der Waals surface area contributed by atoms with Crippen LogP contribution in [0.2, 0.25) is 0 Å². The lowest BCUT2D eigenvalue weighted by atomic mass is 10.1. The summed E-state index contributed by atoms with van der Waals surface area (Å²) in [5.41, 5.74) is -0.730. The Labute approximate surface area is 101 Å². The van der Waals surface area contributed by atoms with Gasteiger partial charge < -0.3 is 19.9 Å². The van der Waals surface area contributed by atoms with Gasteiger partial charge in [-0.2, -0.15) is 0 Å².